The number of rotatable bonds is 2. The van der Waals surface area contributed by atoms with Gasteiger partial charge in [-0.15, -0.1) is 0 Å². The van der Waals surface area contributed by atoms with E-state index in [-0.39, 0.29) is 0 Å². The van der Waals surface area contributed by atoms with Crippen molar-refractivity contribution in [3.05, 3.63) is 39.1 Å². The molecule has 2 aromatic rings. The first-order chi connectivity index (χ1) is 11.3. The molecule has 1 N–H and O–H groups in total. The SMILES string of the molecule is Ic1ccc(-n2nc(C3CCCCC3)c3c2NCCCC3)cc1. The van der Waals surface area contributed by atoms with Crippen molar-refractivity contribution in [2.75, 3.05) is 11.9 Å². The van der Waals surface area contributed by atoms with E-state index in [4.69, 9.17) is 5.10 Å². The van der Waals surface area contributed by atoms with Crippen LogP contribution in [-0.2, 0) is 6.42 Å². The summed E-state index contributed by atoms with van der Waals surface area (Å²) in [6, 6.07) is 8.71. The van der Waals surface area contributed by atoms with Gasteiger partial charge in [0.15, 0.2) is 0 Å². The van der Waals surface area contributed by atoms with E-state index in [1.165, 1.54) is 77.7 Å². The molecule has 4 heteroatoms. The number of halogens is 1. The summed E-state index contributed by atoms with van der Waals surface area (Å²) >= 11 is 2.36. The highest BCUT2D eigenvalue weighted by Crippen LogP contribution is 2.38. The summed E-state index contributed by atoms with van der Waals surface area (Å²) < 4.78 is 3.44. The maximum absolute atomic E-state index is 5.11. The number of anilines is 1. The monoisotopic (exact) mass is 421 g/mol. The summed E-state index contributed by atoms with van der Waals surface area (Å²) in [5.41, 5.74) is 4.05. The molecule has 0 bridgehead atoms. The van der Waals surface area contributed by atoms with Crippen LogP contribution in [0.1, 0.15) is 62.1 Å². The van der Waals surface area contributed by atoms with Gasteiger partial charge < -0.3 is 5.32 Å². The summed E-state index contributed by atoms with van der Waals surface area (Å²) in [6.45, 7) is 1.06. The van der Waals surface area contributed by atoms with Crippen LogP contribution in [0.4, 0.5) is 5.82 Å². The van der Waals surface area contributed by atoms with E-state index in [2.05, 4.69) is 56.9 Å². The first kappa shape index (κ1) is 15.5. The van der Waals surface area contributed by atoms with Gasteiger partial charge in [-0.25, -0.2) is 4.68 Å². The van der Waals surface area contributed by atoms with Gasteiger partial charge in [0.25, 0.3) is 0 Å². The third-order valence-corrected chi connectivity index (χ3v) is 5.94. The average molecular weight is 421 g/mol. The molecule has 0 saturated heterocycles. The second-order valence-corrected chi connectivity index (χ2v) is 8.07. The minimum Gasteiger partial charge on any atom is -0.370 e. The fraction of sp³-hybridized carbons (Fsp3) is 0.526. The van der Waals surface area contributed by atoms with Gasteiger partial charge in [0.05, 0.1) is 11.4 Å². The van der Waals surface area contributed by atoms with Crippen LogP contribution in [0, 0.1) is 3.57 Å². The summed E-state index contributed by atoms with van der Waals surface area (Å²) in [7, 11) is 0. The molecule has 1 aliphatic carbocycles. The number of fused-ring (bicyclic) bond motifs is 1. The predicted molar refractivity (Wildman–Crippen MR) is 104 cm³/mol. The molecule has 122 valence electrons. The molecule has 0 atom stereocenters. The Morgan fingerprint density at radius 3 is 2.57 bits per heavy atom. The van der Waals surface area contributed by atoms with Gasteiger partial charge >= 0.3 is 0 Å². The second-order valence-electron chi connectivity index (χ2n) is 6.82. The zero-order valence-electron chi connectivity index (χ0n) is 13.5. The van der Waals surface area contributed by atoms with Gasteiger partial charge in [-0.2, -0.15) is 5.10 Å². The van der Waals surface area contributed by atoms with Crippen LogP contribution in [-0.4, -0.2) is 16.3 Å². The summed E-state index contributed by atoms with van der Waals surface area (Å²) in [4.78, 5) is 0. The second kappa shape index (κ2) is 6.83. The van der Waals surface area contributed by atoms with Gasteiger partial charge in [0.2, 0.25) is 0 Å². The molecule has 23 heavy (non-hydrogen) atoms. The van der Waals surface area contributed by atoms with E-state index in [1.807, 2.05) is 0 Å². The lowest BCUT2D eigenvalue weighted by molar-refractivity contribution is 0.432. The van der Waals surface area contributed by atoms with Crippen molar-refractivity contribution in [1.29, 1.82) is 0 Å². The Hall–Kier alpha value is -1.04. The van der Waals surface area contributed by atoms with Crippen LogP contribution in [0.15, 0.2) is 24.3 Å². The van der Waals surface area contributed by atoms with Crippen molar-refractivity contribution in [3.8, 4) is 5.69 Å². The molecule has 1 aliphatic heterocycles. The molecule has 1 aromatic carbocycles. The fourth-order valence-corrected chi connectivity index (χ4v) is 4.36. The van der Waals surface area contributed by atoms with Crippen molar-refractivity contribution in [2.45, 2.75) is 57.3 Å². The summed E-state index contributed by atoms with van der Waals surface area (Å²) in [5.74, 6) is 1.92. The Morgan fingerprint density at radius 1 is 1.00 bits per heavy atom. The Balaban J connectivity index is 1.79. The smallest absolute Gasteiger partial charge is 0.133 e. The van der Waals surface area contributed by atoms with E-state index in [9.17, 15) is 0 Å². The van der Waals surface area contributed by atoms with E-state index < -0.39 is 0 Å². The zero-order valence-corrected chi connectivity index (χ0v) is 15.7. The van der Waals surface area contributed by atoms with Crippen molar-refractivity contribution in [1.82, 2.24) is 9.78 Å². The van der Waals surface area contributed by atoms with Crippen LogP contribution in [0.2, 0.25) is 0 Å². The first-order valence-electron chi connectivity index (χ1n) is 8.94. The van der Waals surface area contributed by atoms with Crippen molar-refractivity contribution >= 4 is 28.4 Å². The highest BCUT2D eigenvalue weighted by Gasteiger charge is 2.27. The molecular weight excluding hydrogens is 397 g/mol. The molecular formula is C19H24IN3. The maximum atomic E-state index is 5.11. The standard InChI is InChI=1S/C19H24IN3/c20-15-9-11-16(12-10-15)23-19-17(8-4-5-13-21-19)18(22-23)14-6-2-1-3-7-14/h9-12,14,21H,1-8,13H2. The molecule has 0 spiro atoms. The summed E-state index contributed by atoms with van der Waals surface area (Å²) in [5, 5.41) is 8.77. The molecule has 1 saturated carbocycles. The van der Waals surface area contributed by atoms with Crippen LogP contribution in [0.3, 0.4) is 0 Å². The number of nitrogens with one attached hydrogen (secondary N) is 1. The molecule has 2 heterocycles. The van der Waals surface area contributed by atoms with Crippen LogP contribution in [0.25, 0.3) is 5.69 Å². The molecule has 1 aromatic heterocycles. The van der Waals surface area contributed by atoms with E-state index in [0.717, 1.165) is 6.54 Å². The number of benzene rings is 1. The molecule has 0 amide bonds. The van der Waals surface area contributed by atoms with E-state index in [0.29, 0.717) is 5.92 Å². The average Bonchev–Trinajstić information content (AvgIpc) is 2.78. The maximum Gasteiger partial charge on any atom is 0.133 e. The summed E-state index contributed by atoms with van der Waals surface area (Å²) in [6.07, 6.45) is 10.5. The number of nitrogens with zero attached hydrogens (tertiary/aromatic N) is 2. The topological polar surface area (TPSA) is 29.9 Å². The highest BCUT2D eigenvalue weighted by atomic mass is 127. The highest BCUT2D eigenvalue weighted by molar-refractivity contribution is 14.1. The largest absolute Gasteiger partial charge is 0.370 e. The molecule has 4 rings (SSSR count). The number of hydrogen-bond acceptors (Lipinski definition) is 2. The fourth-order valence-electron chi connectivity index (χ4n) is 4.00. The lowest BCUT2D eigenvalue weighted by Gasteiger charge is -2.20. The quantitative estimate of drug-likeness (QED) is 0.670. The first-order valence-corrected chi connectivity index (χ1v) is 10.0. The van der Waals surface area contributed by atoms with Crippen LogP contribution in [0.5, 0.6) is 0 Å². The number of aromatic nitrogens is 2. The Bertz CT molecular complexity index is 669. The molecule has 0 unspecified atom stereocenters. The normalized spacial score (nSPS) is 19.0. The molecule has 0 radical (unpaired) electrons. The van der Waals surface area contributed by atoms with Crippen molar-refractivity contribution in [3.63, 3.8) is 0 Å². The lowest BCUT2D eigenvalue weighted by Crippen LogP contribution is -2.08. The zero-order chi connectivity index (χ0) is 15.6. The van der Waals surface area contributed by atoms with E-state index >= 15 is 0 Å². The number of hydrogen-bond donors (Lipinski definition) is 1. The molecule has 3 nitrogen and oxygen atoms in total. The van der Waals surface area contributed by atoms with Crippen molar-refractivity contribution < 1.29 is 0 Å². The lowest BCUT2D eigenvalue weighted by atomic mass is 9.85. The van der Waals surface area contributed by atoms with E-state index in [1.54, 1.807) is 0 Å². The van der Waals surface area contributed by atoms with Crippen LogP contribution < -0.4 is 5.32 Å². The third-order valence-electron chi connectivity index (χ3n) is 5.22. The minimum absolute atomic E-state index is 0.669. The van der Waals surface area contributed by atoms with Gasteiger partial charge in [-0.1, -0.05) is 19.3 Å². The Kier molecular flexibility index (Phi) is 4.60. The predicted octanol–water partition coefficient (Wildman–Crippen LogP) is 5.27. The van der Waals surface area contributed by atoms with Crippen molar-refractivity contribution in [2.24, 2.45) is 0 Å². The van der Waals surface area contributed by atoms with Crippen LogP contribution >= 0.6 is 22.6 Å². The Labute approximate surface area is 152 Å². The minimum atomic E-state index is 0.669. The van der Waals surface area contributed by atoms with Gasteiger partial charge in [0, 0.05) is 21.6 Å². The van der Waals surface area contributed by atoms with Gasteiger partial charge in [-0.05, 0) is 79.0 Å². The van der Waals surface area contributed by atoms with Gasteiger partial charge in [0.1, 0.15) is 5.82 Å². The Morgan fingerprint density at radius 2 is 1.78 bits per heavy atom. The molecule has 2 aliphatic rings. The molecule has 1 fully saturated rings. The third kappa shape index (κ3) is 3.14. The van der Waals surface area contributed by atoms with Gasteiger partial charge in [-0.3, -0.25) is 0 Å².